The summed E-state index contributed by atoms with van der Waals surface area (Å²) in [6, 6.07) is 12.6. The number of carbonyl (C=O) groups excluding carboxylic acids is 1. The molecule has 180 valence electrons. The Morgan fingerprint density at radius 2 is 1.65 bits per heavy atom. The molecule has 3 aromatic rings. The molecule has 0 atom stereocenters. The number of benzene rings is 3. The molecule has 2 amide bonds. The summed E-state index contributed by atoms with van der Waals surface area (Å²) in [7, 11) is -4.19. The van der Waals surface area contributed by atoms with Crippen LogP contribution in [-0.4, -0.2) is 25.9 Å². The molecule has 6 nitrogen and oxygen atoms in total. The normalized spacial score (nSPS) is 11.4. The lowest BCUT2D eigenvalue weighted by Crippen LogP contribution is -2.37. The molecule has 10 heteroatoms. The van der Waals surface area contributed by atoms with Gasteiger partial charge in [-0.2, -0.15) is 8.42 Å². The second-order valence-corrected chi connectivity index (χ2v) is 9.51. The molecule has 0 saturated carbocycles. The van der Waals surface area contributed by atoms with Crippen LogP contribution < -0.4 is 9.50 Å². The maximum absolute atomic E-state index is 14.0. The molecule has 34 heavy (non-hydrogen) atoms. The Kier molecular flexibility index (Phi) is 7.83. The number of halogens is 3. The van der Waals surface area contributed by atoms with Crippen molar-refractivity contribution in [2.45, 2.75) is 25.3 Å². The molecule has 0 radical (unpaired) electrons. The van der Waals surface area contributed by atoms with Crippen molar-refractivity contribution in [1.29, 1.82) is 0 Å². The maximum atomic E-state index is 14.0. The lowest BCUT2D eigenvalue weighted by molar-refractivity contribution is 0.201. The van der Waals surface area contributed by atoms with Gasteiger partial charge in [0.15, 0.2) is 0 Å². The summed E-state index contributed by atoms with van der Waals surface area (Å²) >= 11 is 0. The molecular weight excluding hydrogens is 469 g/mol. The quantitative estimate of drug-likeness (QED) is 0.418. The predicted octanol–water partition coefficient (Wildman–Crippen LogP) is 5.56. The third-order valence-corrected chi connectivity index (χ3v) is 5.89. The van der Waals surface area contributed by atoms with E-state index in [0.717, 1.165) is 36.4 Å². The number of anilines is 1. The van der Waals surface area contributed by atoms with Gasteiger partial charge in [-0.15, -0.1) is 0 Å². The highest BCUT2D eigenvalue weighted by Crippen LogP contribution is 2.22. The van der Waals surface area contributed by atoms with Crippen LogP contribution in [0, 0.1) is 23.4 Å². The summed E-state index contributed by atoms with van der Waals surface area (Å²) in [5.41, 5.74) is 0.393. The first-order valence-electron chi connectivity index (χ1n) is 10.3. The van der Waals surface area contributed by atoms with Crippen molar-refractivity contribution in [2.24, 2.45) is 5.92 Å². The summed E-state index contributed by atoms with van der Waals surface area (Å²) in [6.45, 7) is 4.18. The Hall–Kier alpha value is -3.53. The Morgan fingerprint density at radius 1 is 0.971 bits per heavy atom. The van der Waals surface area contributed by atoms with Gasteiger partial charge in [0, 0.05) is 19.2 Å². The van der Waals surface area contributed by atoms with E-state index >= 15 is 0 Å². The van der Waals surface area contributed by atoms with Crippen LogP contribution >= 0.6 is 0 Å². The molecular formula is C24H23F3N2O4S. The number of amides is 2. The minimum absolute atomic E-state index is 0.0105. The van der Waals surface area contributed by atoms with Crippen LogP contribution in [0.3, 0.4) is 0 Å². The molecule has 0 aliphatic rings. The first kappa shape index (κ1) is 25.1. The van der Waals surface area contributed by atoms with Crippen molar-refractivity contribution in [2.75, 3.05) is 11.9 Å². The number of rotatable bonds is 8. The summed E-state index contributed by atoms with van der Waals surface area (Å²) in [6.07, 6.45) is 0. The smallest absolute Gasteiger partial charge is 0.339 e. The monoisotopic (exact) mass is 492 g/mol. The van der Waals surface area contributed by atoms with E-state index in [1.54, 1.807) is 12.1 Å². The Labute approximate surface area is 196 Å². The van der Waals surface area contributed by atoms with Gasteiger partial charge >= 0.3 is 16.1 Å². The van der Waals surface area contributed by atoms with Crippen LogP contribution in [0.4, 0.5) is 23.7 Å². The highest BCUT2D eigenvalue weighted by Gasteiger charge is 2.20. The Balaban J connectivity index is 1.77. The minimum atomic E-state index is -4.19. The molecule has 1 N–H and O–H groups in total. The molecule has 0 unspecified atom stereocenters. The van der Waals surface area contributed by atoms with Crippen molar-refractivity contribution in [3.05, 3.63) is 89.7 Å². The van der Waals surface area contributed by atoms with Crippen LogP contribution in [0.1, 0.15) is 19.4 Å². The van der Waals surface area contributed by atoms with Crippen molar-refractivity contribution < 1.29 is 30.6 Å². The molecule has 0 saturated heterocycles. The number of nitrogens with one attached hydrogen (secondary N) is 1. The van der Waals surface area contributed by atoms with Crippen molar-refractivity contribution >= 4 is 21.8 Å². The number of carbonyl (C=O) groups is 1. The van der Waals surface area contributed by atoms with Gasteiger partial charge in [-0.1, -0.05) is 26.0 Å². The van der Waals surface area contributed by atoms with E-state index < -0.39 is 33.6 Å². The molecule has 0 bridgehead atoms. The topological polar surface area (TPSA) is 75.7 Å². The molecule has 0 fully saturated rings. The molecule has 3 aromatic carbocycles. The number of hydrogen-bond donors (Lipinski definition) is 1. The highest BCUT2D eigenvalue weighted by molar-refractivity contribution is 7.87. The average molecular weight is 493 g/mol. The Morgan fingerprint density at radius 3 is 2.29 bits per heavy atom. The largest absolute Gasteiger partial charge is 0.379 e. The van der Waals surface area contributed by atoms with E-state index in [1.165, 1.54) is 17.0 Å². The van der Waals surface area contributed by atoms with Gasteiger partial charge in [-0.3, -0.25) is 0 Å². The van der Waals surface area contributed by atoms with Gasteiger partial charge in [0.2, 0.25) is 0 Å². The van der Waals surface area contributed by atoms with Gasteiger partial charge < -0.3 is 14.4 Å². The summed E-state index contributed by atoms with van der Waals surface area (Å²) in [5, 5.41) is 2.43. The average Bonchev–Trinajstić information content (AvgIpc) is 2.75. The van der Waals surface area contributed by atoms with Gasteiger partial charge in [0.05, 0.1) is 5.69 Å². The zero-order valence-electron chi connectivity index (χ0n) is 18.5. The molecule has 0 aliphatic carbocycles. The lowest BCUT2D eigenvalue weighted by atomic mass is 10.1. The molecule has 0 spiro atoms. The van der Waals surface area contributed by atoms with Crippen LogP contribution in [-0.2, 0) is 16.7 Å². The summed E-state index contributed by atoms with van der Waals surface area (Å²) in [5.74, 6) is -2.16. The first-order chi connectivity index (χ1) is 16.0. The van der Waals surface area contributed by atoms with E-state index in [9.17, 15) is 26.4 Å². The second kappa shape index (κ2) is 10.6. The lowest BCUT2D eigenvalue weighted by Gasteiger charge is -2.25. The van der Waals surface area contributed by atoms with Crippen LogP contribution in [0.25, 0.3) is 0 Å². The number of hydrogen-bond acceptors (Lipinski definition) is 4. The van der Waals surface area contributed by atoms with Gasteiger partial charge in [0.25, 0.3) is 0 Å². The van der Waals surface area contributed by atoms with Crippen molar-refractivity contribution in [3.8, 4) is 5.75 Å². The zero-order chi connectivity index (χ0) is 24.9. The fourth-order valence-corrected chi connectivity index (χ4v) is 4.06. The third kappa shape index (κ3) is 6.74. The van der Waals surface area contributed by atoms with E-state index in [2.05, 4.69) is 5.32 Å². The van der Waals surface area contributed by atoms with Crippen molar-refractivity contribution in [1.82, 2.24) is 4.90 Å². The number of nitrogens with zero attached hydrogens (tertiary/aromatic N) is 1. The molecule has 0 heterocycles. The van der Waals surface area contributed by atoms with E-state index in [1.807, 2.05) is 13.8 Å². The third-order valence-electron chi connectivity index (χ3n) is 4.63. The van der Waals surface area contributed by atoms with Gasteiger partial charge in [0.1, 0.15) is 28.1 Å². The zero-order valence-corrected chi connectivity index (χ0v) is 19.3. The molecule has 3 rings (SSSR count). The minimum Gasteiger partial charge on any atom is -0.379 e. The molecule has 0 aromatic heterocycles. The fourth-order valence-electron chi connectivity index (χ4n) is 3.14. The summed E-state index contributed by atoms with van der Waals surface area (Å²) in [4.78, 5) is 14.0. The van der Waals surface area contributed by atoms with Gasteiger partial charge in [-0.25, -0.2) is 18.0 Å². The first-order valence-corrected chi connectivity index (χ1v) is 11.7. The SMILES string of the molecule is CC(C)CN(Cc1cccc(OS(=O)(=O)c2ccc(F)cc2)c1)C(=O)Nc1ccc(F)cc1F. The number of urea groups is 1. The summed E-state index contributed by atoms with van der Waals surface area (Å²) < 4.78 is 70.3. The predicted molar refractivity (Wildman–Crippen MR) is 121 cm³/mol. The van der Waals surface area contributed by atoms with E-state index in [-0.39, 0.29) is 28.8 Å². The van der Waals surface area contributed by atoms with Crippen LogP contribution in [0.15, 0.2) is 71.6 Å². The van der Waals surface area contributed by atoms with Crippen LogP contribution in [0.5, 0.6) is 5.75 Å². The van der Waals surface area contributed by atoms with Crippen molar-refractivity contribution in [3.63, 3.8) is 0 Å². The van der Waals surface area contributed by atoms with E-state index in [0.29, 0.717) is 18.2 Å². The van der Waals surface area contributed by atoms with E-state index in [4.69, 9.17) is 4.18 Å². The standard InChI is InChI=1S/C24H23F3N2O4S/c1-16(2)14-29(24(30)28-23-11-8-19(26)13-22(23)27)15-17-4-3-5-20(12-17)33-34(31,32)21-9-6-18(25)7-10-21/h3-13,16H,14-15H2,1-2H3,(H,28,30). The second-order valence-electron chi connectivity index (χ2n) is 7.97. The van der Waals surface area contributed by atoms with Crippen LogP contribution in [0.2, 0.25) is 0 Å². The molecule has 0 aliphatic heterocycles. The highest BCUT2D eigenvalue weighted by atomic mass is 32.2. The Bertz CT molecular complexity index is 1270. The fraction of sp³-hybridized carbons (Fsp3) is 0.208. The van der Waals surface area contributed by atoms with Gasteiger partial charge in [-0.05, 0) is 60.0 Å². The maximum Gasteiger partial charge on any atom is 0.339 e.